The van der Waals surface area contributed by atoms with E-state index < -0.39 is 0 Å². The zero-order valence-electron chi connectivity index (χ0n) is 7.54. The number of nitrogens with zero attached hydrogens (tertiary/aromatic N) is 1. The van der Waals surface area contributed by atoms with E-state index in [-0.39, 0.29) is 0 Å². The molecule has 62 valence electrons. The zero-order valence-corrected chi connectivity index (χ0v) is 7.54. The molecule has 1 nitrogen and oxygen atoms in total. The Bertz CT molecular complexity index is 324. The minimum Gasteiger partial charge on any atom is -0.264 e. The molecule has 1 aliphatic carbocycles. The molecule has 2 rings (SSSR count). The molecule has 0 bridgehead atoms. The fraction of sp³-hybridized carbons (Fsp3) is 0.364. The van der Waals surface area contributed by atoms with Crippen molar-refractivity contribution < 1.29 is 0 Å². The maximum Gasteiger partial charge on any atom is 0.0309 e. The Labute approximate surface area is 73.1 Å². The van der Waals surface area contributed by atoms with Crippen LogP contribution in [0.25, 0.3) is 5.57 Å². The lowest BCUT2D eigenvalue weighted by Crippen LogP contribution is -2.08. The first-order chi connectivity index (χ1) is 5.77. The molecule has 0 saturated heterocycles. The normalized spacial score (nSPS) is 17.8. The first-order valence-electron chi connectivity index (χ1n) is 4.41. The summed E-state index contributed by atoms with van der Waals surface area (Å²) in [7, 11) is 0. The monoisotopic (exact) mass is 159 g/mol. The molecule has 0 unspecified atom stereocenters. The highest BCUT2D eigenvalue weighted by Gasteiger charge is 2.18. The molecule has 12 heavy (non-hydrogen) atoms. The van der Waals surface area contributed by atoms with E-state index in [9.17, 15) is 0 Å². The van der Waals surface area contributed by atoms with Crippen LogP contribution in [0.3, 0.4) is 0 Å². The highest BCUT2D eigenvalue weighted by molar-refractivity contribution is 5.78. The molecule has 0 atom stereocenters. The highest BCUT2D eigenvalue weighted by atomic mass is 14.6. The van der Waals surface area contributed by atoms with Crippen molar-refractivity contribution in [3.8, 4) is 0 Å². The van der Waals surface area contributed by atoms with E-state index in [0.717, 1.165) is 6.42 Å². The number of allylic oxidation sites excluding steroid dienone is 2. The molecule has 0 spiro atoms. The van der Waals surface area contributed by atoms with Crippen molar-refractivity contribution in [3.63, 3.8) is 0 Å². The molecule has 0 N–H and O–H groups in total. The molecule has 0 amide bonds. The Morgan fingerprint density at radius 2 is 2.33 bits per heavy atom. The first-order valence-corrected chi connectivity index (χ1v) is 4.41. The van der Waals surface area contributed by atoms with Crippen LogP contribution in [0.15, 0.2) is 24.5 Å². The van der Waals surface area contributed by atoms with Crippen LogP contribution in [0.2, 0.25) is 0 Å². The van der Waals surface area contributed by atoms with Gasteiger partial charge in [0.25, 0.3) is 0 Å². The Balaban J connectivity index is 2.31. The lowest BCUT2D eigenvalue weighted by atomic mass is 9.83. The highest BCUT2D eigenvalue weighted by Crippen LogP contribution is 2.33. The summed E-state index contributed by atoms with van der Waals surface area (Å²) in [4.78, 5) is 4.08. The van der Waals surface area contributed by atoms with Gasteiger partial charge in [-0.3, -0.25) is 4.98 Å². The Morgan fingerprint density at radius 1 is 1.50 bits per heavy atom. The van der Waals surface area contributed by atoms with Crippen LogP contribution < -0.4 is 0 Å². The van der Waals surface area contributed by atoms with Crippen molar-refractivity contribution in [2.45, 2.75) is 20.3 Å². The van der Waals surface area contributed by atoms with Gasteiger partial charge in [0, 0.05) is 12.4 Å². The van der Waals surface area contributed by atoms with Crippen LogP contribution in [0.1, 0.15) is 25.0 Å². The van der Waals surface area contributed by atoms with Crippen molar-refractivity contribution in [1.29, 1.82) is 0 Å². The van der Waals surface area contributed by atoms with E-state index >= 15 is 0 Å². The number of pyridine rings is 1. The minimum absolute atomic E-state index is 0.654. The summed E-state index contributed by atoms with van der Waals surface area (Å²) in [5.41, 5.74) is 4.28. The Kier molecular flexibility index (Phi) is 1.72. The average Bonchev–Trinajstić information content (AvgIpc) is 2.00. The van der Waals surface area contributed by atoms with Crippen LogP contribution in [0.5, 0.6) is 0 Å². The number of aromatic nitrogens is 1. The molecule has 0 saturated carbocycles. The van der Waals surface area contributed by atoms with Gasteiger partial charge in [-0.2, -0.15) is 0 Å². The van der Waals surface area contributed by atoms with Crippen LogP contribution >= 0.6 is 0 Å². The quantitative estimate of drug-likeness (QED) is 0.614. The number of hydrogen-bond donors (Lipinski definition) is 0. The molecule has 1 heteroatoms. The van der Waals surface area contributed by atoms with Crippen LogP contribution in [-0.4, -0.2) is 4.98 Å². The maximum absolute atomic E-state index is 4.08. The second-order valence-electron chi connectivity index (χ2n) is 3.65. The van der Waals surface area contributed by atoms with Gasteiger partial charge in [0.05, 0.1) is 0 Å². The number of rotatable bonds is 1. The third kappa shape index (κ3) is 1.15. The van der Waals surface area contributed by atoms with Crippen molar-refractivity contribution in [2.24, 2.45) is 5.92 Å². The van der Waals surface area contributed by atoms with Crippen LogP contribution in [-0.2, 0) is 6.42 Å². The topological polar surface area (TPSA) is 12.9 Å². The van der Waals surface area contributed by atoms with Gasteiger partial charge < -0.3 is 0 Å². The largest absolute Gasteiger partial charge is 0.264 e. The third-order valence-electron chi connectivity index (χ3n) is 2.16. The Hall–Kier alpha value is -1.11. The smallest absolute Gasteiger partial charge is 0.0309 e. The van der Waals surface area contributed by atoms with Crippen LogP contribution in [0.4, 0.5) is 0 Å². The second-order valence-corrected chi connectivity index (χ2v) is 3.65. The molecule has 1 aromatic rings. The molecular formula is C11H13N. The van der Waals surface area contributed by atoms with E-state index in [1.807, 2.05) is 12.4 Å². The SMILES string of the molecule is CC(C)/C=C1\Cc2cnccc21. The molecule has 1 aromatic heterocycles. The standard InChI is InChI=1S/C11H13N/c1-8(2)5-9-6-10-7-12-4-3-11(9)10/h3-5,7-8H,6H2,1-2H3/b9-5+. The predicted molar refractivity (Wildman–Crippen MR) is 50.8 cm³/mol. The zero-order chi connectivity index (χ0) is 8.55. The van der Waals surface area contributed by atoms with Crippen molar-refractivity contribution in [1.82, 2.24) is 4.98 Å². The van der Waals surface area contributed by atoms with Crippen molar-refractivity contribution >= 4 is 5.57 Å². The molecule has 1 heterocycles. The summed E-state index contributed by atoms with van der Waals surface area (Å²) < 4.78 is 0. The van der Waals surface area contributed by atoms with Gasteiger partial charge in [0.2, 0.25) is 0 Å². The molecule has 0 radical (unpaired) electrons. The maximum atomic E-state index is 4.08. The second kappa shape index (κ2) is 2.74. The van der Waals surface area contributed by atoms with Gasteiger partial charge >= 0.3 is 0 Å². The summed E-state index contributed by atoms with van der Waals surface area (Å²) in [6.07, 6.45) is 7.28. The molecular weight excluding hydrogens is 146 g/mol. The summed E-state index contributed by atoms with van der Waals surface area (Å²) in [5.74, 6) is 0.654. The van der Waals surface area contributed by atoms with Crippen molar-refractivity contribution in [3.05, 3.63) is 35.7 Å². The minimum atomic E-state index is 0.654. The predicted octanol–water partition coefficient (Wildman–Crippen LogP) is 2.68. The fourth-order valence-electron chi connectivity index (χ4n) is 1.63. The van der Waals surface area contributed by atoms with E-state index in [4.69, 9.17) is 0 Å². The van der Waals surface area contributed by atoms with Gasteiger partial charge in [-0.05, 0) is 35.1 Å². The van der Waals surface area contributed by atoms with Crippen LogP contribution in [0, 0.1) is 5.92 Å². The lowest BCUT2D eigenvalue weighted by molar-refractivity contribution is 0.827. The number of fused-ring (bicyclic) bond motifs is 1. The van der Waals surface area contributed by atoms with E-state index in [1.165, 1.54) is 16.7 Å². The molecule has 1 aliphatic rings. The molecule has 0 aromatic carbocycles. The van der Waals surface area contributed by atoms with Gasteiger partial charge in [-0.15, -0.1) is 0 Å². The van der Waals surface area contributed by atoms with Gasteiger partial charge in [-0.1, -0.05) is 19.9 Å². The Morgan fingerprint density at radius 3 is 3.00 bits per heavy atom. The fourth-order valence-corrected chi connectivity index (χ4v) is 1.63. The molecule has 0 aliphatic heterocycles. The number of hydrogen-bond acceptors (Lipinski definition) is 1. The van der Waals surface area contributed by atoms with E-state index in [0.29, 0.717) is 5.92 Å². The molecule has 0 fully saturated rings. The first kappa shape index (κ1) is 7.53. The summed E-state index contributed by atoms with van der Waals surface area (Å²) in [6, 6.07) is 2.10. The van der Waals surface area contributed by atoms with Gasteiger partial charge in [0.15, 0.2) is 0 Å². The summed E-state index contributed by atoms with van der Waals surface area (Å²) in [5, 5.41) is 0. The average molecular weight is 159 g/mol. The lowest BCUT2D eigenvalue weighted by Gasteiger charge is -2.22. The summed E-state index contributed by atoms with van der Waals surface area (Å²) >= 11 is 0. The summed E-state index contributed by atoms with van der Waals surface area (Å²) in [6.45, 7) is 4.43. The van der Waals surface area contributed by atoms with E-state index in [2.05, 4.69) is 31.0 Å². The van der Waals surface area contributed by atoms with Crippen molar-refractivity contribution in [2.75, 3.05) is 0 Å². The van der Waals surface area contributed by atoms with Gasteiger partial charge in [0.1, 0.15) is 0 Å². The van der Waals surface area contributed by atoms with E-state index in [1.54, 1.807) is 0 Å². The third-order valence-corrected chi connectivity index (χ3v) is 2.16. The van der Waals surface area contributed by atoms with Gasteiger partial charge in [-0.25, -0.2) is 0 Å².